The van der Waals surface area contributed by atoms with E-state index in [2.05, 4.69) is 15.2 Å². The molecule has 1 amide bonds. The van der Waals surface area contributed by atoms with Gasteiger partial charge in [-0.1, -0.05) is 6.07 Å². The zero-order chi connectivity index (χ0) is 13.9. The quantitative estimate of drug-likeness (QED) is 0.832. The van der Waals surface area contributed by atoms with E-state index >= 15 is 0 Å². The molecule has 0 bridgehead atoms. The number of piperazine rings is 1. The van der Waals surface area contributed by atoms with E-state index in [1.165, 1.54) is 0 Å². The molecule has 1 atom stereocenters. The van der Waals surface area contributed by atoms with Crippen LogP contribution in [-0.4, -0.2) is 45.6 Å². The molecule has 1 aromatic heterocycles. The number of amides is 1. The normalized spacial score (nSPS) is 23.1. The molecule has 0 aliphatic carbocycles. The summed E-state index contributed by atoms with van der Waals surface area (Å²) in [6.45, 7) is 5.47. The Morgan fingerprint density at radius 1 is 1.58 bits per heavy atom. The first-order chi connectivity index (χ1) is 9.02. The fraction of sp³-hybridized carbons (Fsp3) is 0.571. The van der Waals surface area contributed by atoms with Crippen LogP contribution in [0.1, 0.15) is 25.8 Å². The van der Waals surface area contributed by atoms with Crippen molar-refractivity contribution in [3.05, 3.63) is 30.1 Å². The third-order valence-electron chi connectivity index (χ3n) is 3.31. The van der Waals surface area contributed by atoms with E-state index in [-0.39, 0.29) is 24.1 Å². The standard InChI is InChI=1S/C14H21N3O2/c1-14(2)10-17(9-11-4-3-6-15-8-11)12(5-7-18)13(19)16-14/h3-4,6,8,12,18H,5,7,9-10H2,1-2H3,(H,16,19). The van der Waals surface area contributed by atoms with Gasteiger partial charge in [-0.2, -0.15) is 0 Å². The Bertz CT molecular complexity index is 434. The average molecular weight is 263 g/mol. The second-order valence-corrected chi connectivity index (χ2v) is 5.67. The first-order valence-electron chi connectivity index (χ1n) is 6.58. The van der Waals surface area contributed by atoms with Gasteiger partial charge in [-0.25, -0.2) is 0 Å². The van der Waals surface area contributed by atoms with Gasteiger partial charge < -0.3 is 10.4 Å². The highest BCUT2D eigenvalue weighted by molar-refractivity contribution is 5.83. The fourth-order valence-corrected chi connectivity index (χ4v) is 2.57. The van der Waals surface area contributed by atoms with Gasteiger partial charge >= 0.3 is 0 Å². The van der Waals surface area contributed by atoms with E-state index in [1.807, 2.05) is 32.2 Å². The molecule has 1 aliphatic rings. The molecule has 2 rings (SSSR count). The van der Waals surface area contributed by atoms with E-state index in [0.29, 0.717) is 13.0 Å². The Morgan fingerprint density at radius 3 is 3.00 bits per heavy atom. The first kappa shape index (κ1) is 14.0. The number of hydrogen-bond donors (Lipinski definition) is 2. The number of pyridine rings is 1. The van der Waals surface area contributed by atoms with Gasteiger partial charge in [0.25, 0.3) is 0 Å². The van der Waals surface area contributed by atoms with Gasteiger partial charge in [0.1, 0.15) is 0 Å². The molecule has 1 fully saturated rings. The lowest BCUT2D eigenvalue weighted by Crippen LogP contribution is -2.64. The van der Waals surface area contributed by atoms with Gasteiger partial charge in [-0.3, -0.25) is 14.7 Å². The van der Waals surface area contributed by atoms with Gasteiger partial charge in [0.2, 0.25) is 5.91 Å². The molecule has 5 nitrogen and oxygen atoms in total. The van der Waals surface area contributed by atoms with Crippen molar-refractivity contribution in [1.82, 2.24) is 15.2 Å². The summed E-state index contributed by atoms with van der Waals surface area (Å²) in [7, 11) is 0. The Labute approximate surface area is 113 Å². The summed E-state index contributed by atoms with van der Waals surface area (Å²) in [5, 5.41) is 12.1. The van der Waals surface area contributed by atoms with Crippen LogP contribution < -0.4 is 5.32 Å². The highest BCUT2D eigenvalue weighted by Gasteiger charge is 2.37. The maximum Gasteiger partial charge on any atom is 0.237 e. The Hall–Kier alpha value is -1.46. The number of aliphatic hydroxyl groups excluding tert-OH is 1. The third-order valence-corrected chi connectivity index (χ3v) is 3.31. The Morgan fingerprint density at radius 2 is 2.37 bits per heavy atom. The summed E-state index contributed by atoms with van der Waals surface area (Å²) < 4.78 is 0. The second-order valence-electron chi connectivity index (χ2n) is 5.67. The van der Waals surface area contributed by atoms with E-state index in [9.17, 15) is 4.79 Å². The highest BCUT2D eigenvalue weighted by Crippen LogP contribution is 2.20. The number of aliphatic hydroxyl groups is 1. The topological polar surface area (TPSA) is 65.5 Å². The van der Waals surface area contributed by atoms with Crippen LogP contribution in [0.3, 0.4) is 0 Å². The lowest BCUT2D eigenvalue weighted by molar-refractivity contribution is -0.134. The van der Waals surface area contributed by atoms with Crippen LogP contribution >= 0.6 is 0 Å². The maximum absolute atomic E-state index is 12.1. The molecule has 0 saturated carbocycles. The predicted molar refractivity (Wildman–Crippen MR) is 72.4 cm³/mol. The number of hydrogen-bond acceptors (Lipinski definition) is 4. The van der Waals surface area contributed by atoms with E-state index in [4.69, 9.17) is 5.11 Å². The molecule has 1 unspecified atom stereocenters. The van der Waals surface area contributed by atoms with E-state index in [0.717, 1.165) is 12.1 Å². The molecule has 2 N–H and O–H groups in total. The Balaban J connectivity index is 2.15. The van der Waals surface area contributed by atoms with Crippen molar-refractivity contribution in [1.29, 1.82) is 0 Å². The lowest BCUT2D eigenvalue weighted by Gasteiger charge is -2.43. The summed E-state index contributed by atoms with van der Waals surface area (Å²) in [5.41, 5.74) is 0.835. The largest absolute Gasteiger partial charge is 0.396 e. The summed E-state index contributed by atoms with van der Waals surface area (Å²) in [6.07, 6.45) is 4.01. The van der Waals surface area contributed by atoms with E-state index in [1.54, 1.807) is 6.20 Å². The highest BCUT2D eigenvalue weighted by atomic mass is 16.3. The minimum atomic E-state index is -0.266. The SMILES string of the molecule is CC1(C)CN(Cc2cccnc2)C(CCO)C(=O)N1. The molecule has 104 valence electrons. The monoisotopic (exact) mass is 263 g/mol. The zero-order valence-corrected chi connectivity index (χ0v) is 11.5. The predicted octanol–water partition coefficient (Wildman–Crippen LogP) is 0.543. The van der Waals surface area contributed by atoms with Crippen molar-refractivity contribution in [2.45, 2.75) is 38.4 Å². The van der Waals surface area contributed by atoms with Crippen molar-refractivity contribution in [2.24, 2.45) is 0 Å². The van der Waals surface area contributed by atoms with Crippen molar-refractivity contribution in [2.75, 3.05) is 13.2 Å². The minimum absolute atomic E-state index is 0.00538. The number of aromatic nitrogens is 1. The first-order valence-corrected chi connectivity index (χ1v) is 6.58. The number of nitrogens with one attached hydrogen (secondary N) is 1. The molecule has 2 heterocycles. The summed E-state index contributed by atoms with van der Waals surface area (Å²) in [4.78, 5) is 18.3. The minimum Gasteiger partial charge on any atom is -0.396 e. The van der Waals surface area contributed by atoms with Crippen LogP contribution in [0, 0.1) is 0 Å². The van der Waals surface area contributed by atoms with Crippen LogP contribution in [-0.2, 0) is 11.3 Å². The van der Waals surface area contributed by atoms with Crippen LogP contribution in [0.2, 0.25) is 0 Å². The molecular formula is C14H21N3O2. The van der Waals surface area contributed by atoms with Crippen molar-refractivity contribution in [3.8, 4) is 0 Å². The third kappa shape index (κ3) is 3.52. The van der Waals surface area contributed by atoms with Crippen LogP contribution in [0.5, 0.6) is 0 Å². The molecule has 1 aromatic rings. The van der Waals surface area contributed by atoms with Gasteiger partial charge in [0.05, 0.1) is 6.04 Å². The van der Waals surface area contributed by atoms with Crippen LogP contribution in [0.25, 0.3) is 0 Å². The molecule has 0 spiro atoms. The fourth-order valence-electron chi connectivity index (χ4n) is 2.57. The summed E-state index contributed by atoms with van der Waals surface area (Å²) in [6, 6.07) is 3.63. The van der Waals surface area contributed by atoms with Crippen molar-refractivity contribution >= 4 is 5.91 Å². The maximum atomic E-state index is 12.1. The average Bonchev–Trinajstić information content (AvgIpc) is 2.34. The van der Waals surface area contributed by atoms with Gasteiger partial charge in [0, 0.05) is 37.6 Å². The molecule has 0 aromatic carbocycles. The zero-order valence-electron chi connectivity index (χ0n) is 11.5. The number of rotatable bonds is 4. The lowest BCUT2D eigenvalue weighted by atomic mass is 9.96. The second kappa shape index (κ2) is 5.67. The van der Waals surface area contributed by atoms with Gasteiger partial charge in [-0.15, -0.1) is 0 Å². The van der Waals surface area contributed by atoms with Crippen molar-refractivity contribution < 1.29 is 9.90 Å². The van der Waals surface area contributed by atoms with Gasteiger partial charge in [-0.05, 0) is 31.9 Å². The molecule has 5 heteroatoms. The van der Waals surface area contributed by atoms with Crippen LogP contribution in [0.15, 0.2) is 24.5 Å². The van der Waals surface area contributed by atoms with Crippen molar-refractivity contribution in [3.63, 3.8) is 0 Å². The summed E-state index contributed by atoms with van der Waals surface area (Å²) >= 11 is 0. The Kier molecular flexibility index (Phi) is 4.17. The molecular weight excluding hydrogens is 242 g/mol. The van der Waals surface area contributed by atoms with Crippen LogP contribution in [0.4, 0.5) is 0 Å². The molecule has 19 heavy (non-hydrogen) atoms. The molecule has 0 radical (unpaired) electrons. The smallest absolute Gasteiger partial charge is 0.237 e. The summed E-state index contributed by atoms with van der Waals surface area (Å²) in [5.74, 6) is -0.00538. The van der Waals surface area contributed by atoms with E-state index < -0.39 is 0 Å². The molecule has 1 saturated heterocycles. The molecule has 1 aliphatic heterocycles. The van der Waals surface area contributed by atoms with Gasteiger partial charge in [0.15, 0.2) is 0 Å². The number of carbonyl (C=O) groups is 1. The number of nitrogens with zero attached hydrogens (tertiary/aromatic N) is 2. The number of carbonyl (C=O) groups excluding carboxylic acids is 1.